The second-order valence-electron chi connectivity index (χ2n) is 4.89. The molecule has 3 fully saturated rings. The lowest BCUT2D eigenvalue weighted by Crippen LogP contribution is -2.48. The molecule has 3 heterocycles. The van der Waals surface area contributed by atoms with Crippen LogP contribution in [0.1, 0.15) is 32.6 Å². The second kappa shape index (κ2) is 2.31. The number of aliphatic hydroxyl groups is 1. The molecule has 0 aliphatic carbocycles. The van der Waals surface area contributed by atoms with Gasteiger partial charge in [-0.2, -0.15) is 0 Å². The summed E-state index contributed by atoms with van der Waals surface area (Å²) in [7, 11) is 0. The quantitative estimate of drug-likeness (QED) is 0.578. The number of ether oxygens (including phenoxy) is 2. The van der Waals surface area contributed by atoms with Crippen molar-refractivity contribution >= 4 is 5.97 Å². The van der Waals surface area contributed by atoms with Crippen LogP contribution in [0.2, 0.25) is 0 Å². The van der Waals surface area contributed by atoms with Gasteiger partial charge in [-0.1, -0.05) is 0 Å². The Hall–Kier alpha value is -0.610. The fourth-order valence-corrected chi connectivity index (χ4v) is 2.89. The van der Waals surface area contributed by atoms with Crippen LogP contribution in [0, 0.1) is 5.92 Å². The third-order valence-electron chi connectivity index (χ3n) is 3.84. The Morgan fingerprint density at radius 2 is 2.29 bits per heavy atom. The fourth-order valence-electron chi connectivity index (χ4n) is 2.89. The van der Waals surface area contributed by atoms with Gasteiger partial charge in [-0.05, 0) is 19.8 Å². The van der Waals surface area contributed by atoms with E-state index in [0.29, 0.717) is 19.3 Å². The van der Waals surface area contributed by atoms with Crippen molar-refractivity contribution in [3.05, 3.63) is 0 Å². The fraction of sp³-hybridized carbons (Fsp3) is 0.900. The highest BCUT2D eigenvalue weighted by atomic mass is 16.7. The van der Waals surface area contributed by atoms with Crippen molar-refractivity contribution in [2.75, 3.05) is 0 Å². The van der Waals surface area contributed by atoms with Gasteiger partial charge in [0.15, 0.2) is 0 Å². The number of hydrogen-bond donors (Lipinski definition) is 1. The first-order valence-electron chi connectivity index (χ1n) is 5.14. The molecule has 3 rings (SSSR count). The molecule has 0 aromatic rings. The first-order chi connectivity index (χ1) is 6.52. The summed E-state index contributed by atoms with van der Waals surface area (Å²) >= 11 is 0. The van der Waals surface area contributed by atoms with Gasteiger partial charge in [-0.3, -0.25) is 4.79 Å². The highest BCUT2D eigenvalue weighted by molar-refractivity contribution is 5.72. The van der Waals surface area contributed by atoms with E-state index < -0.39 is 11.4 Å². The molecule has 1 spiro atoms. The van der Waals surface area contributed by atoms with Gasteiger partial charge in [0.25, 0.3) is 0 Å². The van der Waals surface area contributed by atoms with Crippen LogP contribution in [0.4, 0.5) is 0 Å². The molecule has 3 aliphatic rings. The van der Waals surface area contributed by atoms with E-state index in [1.807, 2.05) is 0 Å². The number of hydrogen-bond acceptors (Lipinski definition) is 4. The van der Waals surface area contributed by atoms with Gasteiger partial charge in [-0.25, -0.2) is 0 Å². The zero-order valence-electron chi connectivity index (χ0n) is 8.16. The summed E-state index contributed by atoms with van der Waals surface area (Å²) < 4.78 is 11.0. The van der Waals surface area contributed by atoms with Crippen LogP contribution < -0.4 is 0 Å². The Labute approximate surface area is 82.2 Å². The molecule has 3 aliphatic heterocycles. The highest BCUT2D eigenvalue weighted by Gasteiger charge is 2.63. The number of rotatable bonds is 0. The Morgan fingerprint density at radius 1 is 1.50 bits per heavy atom. The van der Waals surface area contributed by atoms with Crippen LogP contribution >= 0.6 is 0 Å². The summed E-state index contributed by atoms with van der Waals surface area (Å²) in [4.78, 5) is 11.1. The van der Waals surface area contributed by atoms with Crippen LogP contribution in [0.5, 0.6) is 0 Å². The Bertz CT molecular complexity index is 298. The molecule has 3 saturated heterocycles. The van der Waals surface area contributed by atoms with Gasteiger partial charge in [0, 0.05) is 12.3 Å². The zero-order valence-corrected chi connectivity index (χ0v) is 8.16. The molecule has 4 nitrogen and oxygen atoms in total. The molecular formula is C10H14O4. The van der Waals surface area contributed by atoms with Crippen LogP contribution in [-0.4, -0.2) is 28.6 Å². The van der Waals surface area contributed by atoms with Gasteiger partial charge < -0.3 is 14.6 Å². The summed E-state index contributed by atoms with van der Waals surface area (Å²) in [5.74, 6) is -0.673. The van der Waals surface area contributed by atoms with Crippen LogP contribution in [-0.2, 0) is 14.3 Å². The number of fused-ring (bicyclic) bond motifs is 1. The summed E-state index contributed by atoms with van der Waals surface area (Å²) in [6, 6.07) is 0. The third-order valence-corrected chi connectivity index (χ3v) is 3.84. The van der Waals surface area contributed by atoms with Gasteiger partial charge in [0.05, 0.1) is 18.1 Å². The molecule has 4 atom stereocenters. The minimum absolute atomic E-state index is 0.157. The van der Waals surface area contributed by atoms with Gasteiger partial charge >= 0.3 is 5.97 Å². The molecule has 1 unspecified atom stereocenters. The highest BCUT2D eigenvalue weighted by Crippen LogP contribution is 2.54. The van der Waals surface area contributed by atoms with E-state index >= 15 is 0 Å². The molecule has 2 bridgehead atoms. The van der Waals surface area contributed by atoms with Crippen LogP contribution in [0.25, 0.3) is 0 Å². The lowest BCUT2D eigenvalue weighted by Gasteiger charge is -2.39. The summed E-state index contributed by atoms with van der Waals surface area (Å²) in [6.07, 6.45) is 2.33. The molecule has 0 aromatic carbocycles. The van der Waals surface area contributed by atoms with Crippen molar-refractivity contribution in [2.45, 2.75) is 50.1 Å². The molecule has 0 saturated carbocycles. The van der Waals surface area contributed by atoms with Crippen molar-refractivity contribution in [2.24, 2.45) is 5.92 Å². The largest absolute Gasteiger partial charge is 0.433 e. The predicted molar refractivity (Wildman–Crippen MR) is 46.3 cm³/mol. The molecule has 4 heteroatoms. The van der Waals surface area contributed by atoms with Gasteiger partial charge in [0.1, 0.15) is 0 Å². The van der Waals surface area contributed by atoms with Gasteiger partial charge in [-0.15, -0.1) is 0 Å². The standard InChI is InChI=1S/C10H14O4/c1-9(12)2-3-10-6(4-7(9)13-10)5-8(11)14-10/h6-7,12H,2-5H2,1H3/t6?,7-,9+,10+/m0/s1. The van der Waals surface area contributed by atoms with Crippen molar-refractivity contribution in [3.63, 3.8) is 0 Å². The Balaban J connectivity index is 1.92. The maximum Gasteiger partial charge on any atom is 0.308 e. The maximum absolute atomic E-state index is 11.1. The van der Waals surface area contributed by atoms with E-state index in [4.69, 9.17) is 9.47 Å². The van der Waals surface area contributed by atoms with Crippen molar-refractivity contribution < 1.29 is 19.4 Å². The molecular weight excluding hydrogens is 184 g/mol. The number of esters is 1. The van der Waals surface area contributed by atoms with E-state index in [0.717, 1.165) is 6.42 Å². The van der Waals surface area contributed by atoms with E-state index in [2.05, 4.69) is 0 Å². The predicted octanol–water partition coefficient (Wildman–Crippen LogP) is 0.579. The molecule has 78 valence electrons. The first-order valence-corrected chi connectivity index (χ1v) is 5.14. The summed E-state index contributed by atoms with van der Waals surface area (Å²) in [5.41, 5.74) is -0.748. The second-order valence-corrected chi connectivity index (χ2v) is 4.89. The lowest BCUT2D eigenvalue weighted by atomic mass is 9.92. The number of carbonyl (C=O) groups is 1. The normalized spacial score (nSPS) is 55.7. The van der Waals surface area contributed by atoms with E-state index in [-0.39, 0.29) is 18.0 Å². The average Bonchev–Trinajstić information content (AvgIpc) is 2.50. The van der Waals surface area contributed by atoms with Crippen LogP contribution in [0.3, 0.4) is 0 Å². The summed E-state index contributed by atoms with van der Waals surface area (Å²) in [6.45, 7) is 1.80. The SMILES string of the molecule is C[C@@]1(O)CC[C@@]23OC(=O)CC2C[C@@H]1O3. The Kier molecular flexibility index (Phi) is 1.43. The molecule has 0 aromatic heterocycles. The number of carbonyl (C=O) groups excluding carboxylic acids is 1. The summed E-state index contributed by atoms with van der Waals surface area (Å²) in [5, 5.41) is 10.0. The Morgan fingerprint density at radius 3 is 3.07 bits per heavy atom. The average molecular weight is 198 g/mol. The molecule has 14 heavy (non-hydrogen) atoms. The van der Waals surface area contributed by atoms with Crippen LogP contribution in [0.15, 0.2) is 0 Å². The monoisotopic (exact) mass is 198 g/mol. The van der Waals surface area contributed by atoms with Gasteiger partial charge in [0.2, 0.25) is 5.79 Å². The lowest BCUT2D eigenvalue weighted by molar-refractivity contribution is -0.266. The van der Waals surface area contributed by atoms with Crippen molar-refractivity contribution in [3.8, 4) is 0 Å². The minimum atomic E-state index is -0.748. The molecule has 0 amide bonds. The topological polar surface area (TPSA) is 55.8 Å². The van der Waals surface area contributed by atoms with Crippen molar-refractivity contribution in [1.82, 2.24) is 0 Å². The molecule has 1 N–H and O–H groups in total. The minimum Gasteiger partial charge on any atom is -0.433 e. The van der Waals surface area contributed by atoms with E-state index in [1.54, 1.807) is 6.92 Å². The van der Waals surface area contributed by atoms with E-state index in [9.17, 15) is 9.90 Å². The zero-order chi connectivity index (χ0) is 9.97. The van der Waals surface area contributed by atoms with Crippen molar-refractivity contribution in [1.29, 1.82) is 0 Å². The first kappa shape index (κ1) is 8.68. The smallest absolute Gasteiger partial charge is 0.308 e. The maximum atomic E-state index is 11.1. The molecule has 0 radical (unpaired) electrons. The third kappa shape index (κ3) is 0.929. The van der Waals surface area contributed by atoms with E-state index in [1.165, 1.54) is 0 Å².